The van der Waals surface area contributed by atoms with E-state index < -0.39 is 0 Å². The third-order valence-corrected chi connectivity index (χ3v) is 3.85. The summed E-state index contributed by atoms with van der Waals surface area (Å²) in [5.74, 6) is 1.06. The van der Waals surface area contributed by atoms with E-state index >= 15 is 0 Å². The maximum atomic E-state index is 12.4. The smallest absolute Gasteiger partial charge is 0.190 e. The van der Waals surface area contributed by atoms with Gasteiger partial charge in [-0.1, -0.05) is 6.92 Å². The molecule has 0 N–H and O–H groups in total. The molecular formula is C14H17NO2. The standard InChI is InChI=1S/C14H17NO2/c1-3-8-15-12-5-4-10(17-2)9-11(12)13(16)14(15)6-7-14/h4-5,9H,3,6-8H2,1-2H3. The normalized spacial score (nSPS) is 19.6. The Kier molecular flexibility index (Phi) is 2.18. The zero-order chi connectivity index (χ0) is 12.0. The molecule has 0 atom stereocenters. The van der Waals surface area contributed by atoms with Crippen LogP contribution < -0.4 is 9.64 Å². The fraction of sp³-hybridized carbons (Fsp3) is 0.500. The maximum absolute atomic E-state index is 12.4. The molecule has 1 aromatic rings. The third kappa shape index (κ3) is 1.31. The van der Waals surface area contributed by atoms with Crippen molar-refractivity contribution >= 4 is 11.5 Å². The number of hydrogen-bond acceptors (Lipinski definition) is 3. The van der Waals surface area contributed by atoms with Crippen molar-refractivity contribution in [2.75, 3.05) is 18.6 Å². The molecule has 0 saturated heterocycles. The molecule has 2 aliphatic rings. The number of anilines is 1. The number of hydrogen-bond donors (Lipinski definition) is 0. The molecule has 17 heavy (non-hydrogen) atoms. The molecular weight excluding hydrogens is 214 g/mol. The van der Waals surface area contributed by atoms with Crippen LogP contribution in [-0.4, -0.2) is 25.0 Å². The molecule has 90 valence electrons. The highest BCUT2D eigenvalue weighted by Gasteiger charge is 2.59. The summed E-state index contributed by atoms with van der Waals surface area (Å²) in [6.45, 7) is 3.12. The molecule has 0 amide bonds. The van der Waals surface area contributed by atoms with E-state index in [1.165, 1.54) is 0 Å². The number of rotatable bonds is 3. The first-order valence-electron chi connectivity index (χ1n) is 6.23. The Labute approximate surface area is 101 Å². The van der Waals surface area contributed by atoms with E-state index in [1.54, 1.807) is 7.11 Å². The van der Waals surface area contributed by atoms with Gasteiger partial charge in [-0.15, -0.1) is 0 Å². The minimum absolute atomic E-state index is 0.190. The molecule has 0 aromatic heterocycles. The number of benzene rings is 1. The van der Waals surface area contributed by atoms with Crippen molar-refractivity contribution in [3.63, 3.8) is 0 Å². The molecule has 1 aliphatic carbocycles. The second-order valence-electron chi connectivity index (χ2n) is 4.90. The Morgan fingerprint density at radius 1 is 1.41 bits per heavy atom. The summed E-state index contributed by atoms with van der Waals surface area (Å²) in [5.41, 5.74) is 1.75. The van der Waals surface area contributed by atoms with E-state index in [9.17, 15) is 4.79 Å². The monoisotopic (exact) mass is 231 g/mol. The van der Waals surface area contributed by atoms with Crippen molar-refractivity contribution in [1.29, 1.82) is 0 Å². The van der Waals surface area contributed by atoms with Crippen LogP contribution in [0.25, 0.3) is 0 Å². The highest BCUT2D eigenvalue weighted by Crippen LogP contribution is 2.53. The van der Waals surface area contributed by atoms with Gasteiger partial charge in [-0.25, -0.2) is 0 Å². The fourth-order valence-corrected chi connectivity index (χ4v) is 2.84. The topological polar surface area (TPSA) is 29.5 Å². The number of nitrogens with zero attached hydrogens (tertiary/aromatic N) is 1. The summed E-state index contributed by atoms with van der Waals surface area (Å²) >= 11 is 0. The van der Waals surface area contributed by atoms with Crippen molar-refractivity contribution in [3.8, 4) is 5.75 Å². The van der Waals surface area contributed by atoms with Gasteiger partial charge in [0.25, 0.3) is 0 Å². The Bertz CT molecular complexity index is 477. The van der Waals surface area contributed by atoms with Gasteiger partial charge in [0.1, 0.15) is 11.3 Å². The van der Waals surface area contributed by atoms with Crippen LogP contribution in [0.4, 0.5) is 5.69 Å². The number of carbonyl (C=O) groups excluding carboxylic acids is 1. The van der Waals surface area contributed by atoms with Crippen LogP contribution >= 0.6 is 0 Å². The second-order valence-corrected chi connectivity index (χ2v) is 4.90. The van der Waals surface area contributed by atoms with Gasteiger partial charge in [-0.2, -0.15) is 0 Å². The highest BCUT2D eigenvalue weighted by molar-refractivity contribution is 6.16. The molecule has 3 rings (SSSR count). The predicted octanol–water partition coefficient (Wildman–Crippen LogP) is 2.64. The Morgan fingerprint density at radius 2 is 2.18 bits per heavy atom. The van der Waals surface area contributed by atoms with Crippen LogP contribution in [-0.2, 0) is 0 Å². The van der Waals surface area contributed by atoms with Gasteiger partial charge < -0.3 is 9.64 Å². The van der Waals surface area contributed by atoms with E-state index in [-0.39, 0.29) is 5.54 Å². The molecule has 3 heteroatoms. The second kappa shape index (κ2) is 3.49. The minimum Gasteiger partial charge on any atom is -0.497 e. The molecule has 3 nitrogen and oxygen atoms in total. The number of ether oxygens (including phenoxy) is 1. The molecule has 1 fully saturated rings. The Hall–Kier alpha value is -1.51. The van der Waals surface area contributed by atoms with Gasteiger partial charge in [0.15, 0.2) is 5.78 Å². The summed E-state index contributed by atoms with van der Waals surface area (Å²) in [7, 11) is 1.64. The van der Waals surface area contributed by atoms with Gasteiger partial charge in [-0.3, -0.25) is 4.79 Å². The van der Waals surface area contributed by atoms with Gasteiger partial charge in [0.2, 0.25) is 0 Å². The van der Waals surface area contributed by atoms with Crippen molar-refractivity contribution in [3.05, 3.63) is 23.8 Å². The third-order valence-electron chi connectivity index (χ3n) is 3.85. The molecule has 1 saturated carbocycles. The fourth-order valence-electron chi connectivity index (χ4n) is 2.84. The lowest BCUT2D eigenvalue weighted by atomic mass is 10.1. The summed E-state index contributed by atoms with van der Waals surface area (Å²) in [6.07, 6.45) is 3.08. The quantitative estimate of drug-likeness (QED) is 0.801. The predicted molar refractivity (Wildman–Crippen MR) is 66.9 cm³/mol. The first-order valence-corrected chi connectivity index (χ1v) is 6.23. The molecule has 0 bridgehead atoms. The largest absolute Gasteiger partial charge is 0.497 e. The lowest BCUT2D eigenvalue weighted by Crippen LogP contribution is -2.38. The average molecular weight is 231 g/mol. The molecule has 0 unspecified atom stereocenters. The van der Waals surface area contributed by atoms with E-state index in [1.807, 2.05) is 18.2 Å². The first-order chi connectivity index (χ1) is 8.23. The zero-order valence-electron chi connectivity index (χ0n) is 10.3. The van der Waals surface area contributed by atoms with Crippen LogP contribution in [0.3, 0.4) is 0 Å². The van der Waals surface area contributed by atoms with Crippen LogP contribution in [0.15, 0.2) is 18.2 Å². The molecule has 1 heterocycles. The van der Waals surface area contributed by atoms with E-state index in [2.05, 4.69) is 11.8 Å². The van der Waals surface area contributed by atoms with E-state index in [0.29, 0.717) is 5.78 Å². The highest BCUT2D eigenvalue weighted by atomic mass is 16.5. The number of fused-ring (bicyclic) bond motifs is 1. The summed E-state index contributed by atoms with van der Waals surface area (Å²) in [5, 5.41) is 0. The van der Waals surface area contributed by atoms with Crippen LogP contribution in [0.1, 0.15) is 36.5 Å². The van der Waals surface area contributed by atoms with E-state index in [4.69, 9.17) is 4.74 Å². The SMILES string of the molecule is CCCN1c2ccc(OC)cc2C(=O)C12CC2. The van der Waals surface area contributed by atoms with Crippen molar-refractivity contribution < 1.29 is 9.53 Å². The number of methoxy groups -OCH3 is 1. The Morgan fingerprint density at radius 3 is 2.76 bits per heavy atom. The van der Waals surface area contributed by atoms with Crippen molar-refractivity contribution in [2.24, 2.45) is 0 Å². The Balaban J connectivity index is 2.08. The van der Waals surface area contributed by atoms with Gasteiger partial charge >= 0.3 is 0 Å². The maximum Gasteiger partial charge on any atom is 0.190 e. The van der Waals surface area contributed by atoms with Crippen LogP contribution in [0.2, 0.25) is 0 Å². The number of carbonyl (C=O) groups is 1. The van der Waals surface area contributed by atoms with Gasteiger partial charge in [-0.05, 0) is 37.5 Å². The number of Topliss-reactive ketones (excluding diaryl/α,β-unsaturated/α-hetero) is 1. The zero-order valence-corrected chi connectivity index (χ0v) is 10.3. The van der Waals surface area contributed by atoms with Gasteiger partial charge in [0, 0.05) is 17.8 Å². The first kappa shape index (κ1) is 10.6. The van der Waals surface area contributed by atoms with Crippen LogP contribution in [0, 0.1) is 0 Å². The summed E-state index contributed by atoms with van der Waals surface area (Å²) in [6, 6.07) is 5.85. The van der Waals surface area contributed by atoms with Crippen molar-refractivity contribution in [1.82, 2.24) is 0 Å². The average Bonchev–Trinajstić information content (AvgIpc) is 3.12. The summed E-state index contributed by atoms with van der Waals surface area (Å²) < 4.78 is 5.20. The summed E-state index contributed by atoms with van der Waals surface area (Å²) in [4.78, 5) is 14.7. The lowest BCUT2D eigenvalue weighted by molar-refractivity contribution is 0.0958. The van der Waals surface area contributed by atoms with Crippen molar-refractivity contribution in [2.45, 2.75) is 31.7 Å². The number of ketones is 1. The molecule has 1 aromatic carbocycles. The van der Waals surface area contributed by atoms with Gasteiger partial charge in [0.05, 0.1) is 7.11 Å². The van der Waals surface area contributed by atoms with Crippen LogP contribution in [0.5, 0.6) is 5.75 Å². The molecule has 1 spiro atoms. The molecule has 0 radical (unpaired) electrons. The molecule has 1 aliphatic heterocycles. The van der Waals surface area contributed by atoms with E-state index in [0.717, 1.165) is 42.8 Å². The lowest BCUT2D eigenvalue weighted by Gasteiger charge is -2.25. The minimum atomic E-state index is -0.190.